The van der Waals surface area contributed by atoms with Gasteiger partial charge in [0.15, 0.2) is 0 Å². The maximum atomic E-state index is 14.5. The summed E-state index contributed by atoms with van der Waals surface area (Å²) in [6, 6.07) is 11.4. The smallest absolute Gasteiger partial charge is 0.264 e. The highest BCUT2D eigenvalue weighted by Gasteiger charge is 2.49. The van der Waals surface area contributed by atoms with Crippen LogP contribution in [-0.2, 0) is 27.8 Å². The third-order valence-corrected chi connectivity index (χ3v) is 15.1. The van der Waals surface area contributed by atoms with Gasteiger partial charge in [0.05, 0.1) is 10.9 Å². The molecule has 3 fully saturated rings. The number of anilines is 1. The molecule has 2 aromatic carbocycles. The van der Waals surface area contributed by atoms with Crippen LogP contribution in [0.3, 0.4) is 0 Å². The van der Waals surface area contributed by atoms with Crippen LogP contribution in [0.4, 0.5) is 10.1 Å². The molecule has 5 aliphatic rings. The maximum absolute atomic E-state index is 14.5. The lowest BCUT2D eigenvalue weighted by atomic mass is 9.63. The van der Waals surface area contributed by atoms with Crippen molar-refractivity contribution in [1.29, 1.82) is 0 Å². The van der Waals surface area contributed by atoms with E-state index in [0.717, 1.165) is 82.6 Å². The number of fused-ring (bicyclic) bond motifs is 4. The molecule has 2 aromatic rings. The second-order valence-corrected chi connectivity index (χ2v) is 18.7. The van der Waals surface area contributed by atoms with E-state index >= 15 is 0 Å². The molecule has 53 heavy (non-hydrogen) atoms. The molecular weight excluding hydrogens is 715 g/mol. The lowest BCUT2D eigenvalue weighted by Crippen LogP contribution is -2.61. The molecule has 0 aromatic heterocycles. The number of sulfonamides is 1. The van der Waals surface area contributed by atoms with E-state index in [1.807, 2.05) is 32.2 Å². The molecule has 1 saturated carbocycles. The van der Waals surface area contributed by atoms with Crippen molar-refractivity contribution in [2.24, 2.45) is 17.8 Å². The van der Waals surface area contributed by atoms with Crippen molar-refractivity contribution >= 4 is 33.2 Å². The standard InChI is InChI=1S/C41H56ClFN4O5S/c1-28-7-6-16-41(51-3,27-45-19-20-46-18-15-35(43)23-36(46)25-45)37-13-10-32(37)24-47-17-5-4-8-30-21-34(42)12-9-33(30)26-52-39-14-11-31(22-38(39)47)40(48)44-53(49,50)29(28)2/h6,9,11-12,14,16,21-22,28-29,32,35-37H,4-5,7-8,10,13,15,17-20,23-27H2,1-3H3,(H,44,48)/b16-6+/t28-,29+,32-,35+,36-,37+,41+/m0/s1. The largest absolute Gasteiger partial charge is 0.487 e. The number of halogens is 2. The van der Waals surface area contributed by atoms with Crippen LogP contribution in [0.25, 0.3) is 0 Å². The zero-order chi connectivity index (χ0) is 37.3. The number of hydrogen-bond acceptors (Lipinski definition) is 8. The number of rotatable bonds is 3. The number of ether oxygens (including phenoxy) is 2. The summed E-state index contributed by atoms with van der Waals surface area (Å²) in [5.74, 6) is 0.285. The Morgan fingerprint density at radius 3 is 2.66 bits per heavy atom. The van der Waals surface area contributed by atoms with Crippen molar-refractivity contribution in [3.8, 4) is 5.75 Å². The molecule has 2 bridgehead atoms. The number of carbonyl (C=O) groups excluding carboxylic acids is 1. The molecule has 7 rings (SSSR count). The fourth-order valence-corrected chi connectivity index (χ4v) is 10.8. The van der Waals surface area contributed by atoms with Gasteiger partial charge in [-0.3, -0.25) is 14.6 Å². The first-order chi connectivity index (χ1) is 25.4. The maximum Gasteiger partial charge on any atom is 0.264 e. The van der Waals surface area contributed by atoms with Crippen LogP contribution >= 0.6 is 11.6 Å². The van der Waals surface area contributed by atoms with Crippen molar-refractivity contribution < 1.29 is 27.1 Å². The number of allylic oxidation sites excluding steroid dienone is 1. The number of methoxy groups -OCH3 is 1. The Hall–Kier alpha value is -2.70. The molecule has 0 unspecified atom stereocenters. The Labute approximate surface area is 320 Å². The highest BCUT2D eigenvalue weighted by Crippen LogP contribution is 2.47. The summed E-state index contributed by atoms with van der Waals surface area (Å²) < 4.78 is 57.3. The Balaban J connectivity index is 1.24. The van der Waals surface area contributed by atoms with Crippen molar-refractivity contribution in [2.75, 3.05) is 57.8 Å². The summed E-state index contributed by atoms with van der Waals surface area (Å²) in [5, 5.41) is -0.1000. The number of benzene rings is 2. The normalized spacial score (nSPS) is 33.5. The van der Waals surface area contributed by atoms with E-state index in [9.17, 15) is 17.6 Å². The second kappa shape index (κ2) is 16.2. The number of carbonyl (C=O) groups is 1. The van der Waals surface area contributed by atoms with Crippen molar-refractivity contribution in [3.05, 3.63) is 70.3 Å². The lowest BCUT2D eigenvalue weighted by molar-refractivity contribution is -0.101. The number of aryl methyl sites for hydroxylation is 1. The van der Waals surface area contributed by atoms with E-state index in [2.05, 4.69) is 31.6 Å². The summed E-state index contributed by atoms with van der Waals surface area (Å²) in [5.41, 5.74) is 2.72. The van der Waals surface area contributed by atoms with Gasteiger partial charge < -0.3 is 14.4 Å². The number of nitrogens with one attached hydrogen (secondary N) is 1. The van der Waals surface area contributed by atoms with Crippen LogP contribution in [0, 0.1) is 17.8 Å². The number of piperidine rings is 1. The lowest BCUT2D eigenvalue weighted by Gasteiger charge is -2.53. The molecule has 9 nitrogen and oxygen atoms in total. The first-order valence-electron chi connectivity index (χ1n) is 19.6. The van der Waals surface area contributed by atoms with Gasteiger partial charge in [-0.15, -0.1) is 0 Å². The van der Waals surface area contributed by atoms with Crippen LogP contribution < -0.4 is 14.4 Å². The van der Waals surface area contributed by atoms with E-state index in [1.165, 1.54) is 5.56 Å². The first-order valence-corrected chi connectivity index (χ1v) is 21.6. The number of hydrogen-bond donors (Lipinski definition) is 1. The molecule has 7 atom stereocenters. The van der Waals surface area contributed by atoms with Gasteiger partial charge in [0.25, 0.3) is 5.91 Å². The minimum atomic E-state index is -3.98. The highest BCUT2D eigenvalue weighted by atomic mass is 35.5. The minimum Gasteiger partial charge on any atom is -0.487 e. The van der Waals surface area contributed by atoms with Gasteiger partial charge in [0.1, 0.15) is 24.1 Å². The number of piperazine rings is 1. The molecule has 4 aliphatic heterocycles. The monoisotopic (exact) mass is 770 g/mol. The van der Waals surface area contributed by atoms with Gasteiger partial charge >= 0.3 is 0 Å². The summed E-state index contributed by atoms with van der Waals surface area (Å²) in [6.07, 6.45) is 10.1. The molecular formula is C41H56ClFN4O5S. The number of alkyl halides is 1. The van der Waals surface area contributed by atoms with Crippen molar-refractivity contribution in [2.45, 2.75) is 94.9 Å². The molecule has 0 spiro atoms. The van der Waals surface area contributed by atoms with Crippen LogP contribution in [0.15, 0.2) is 48.6 Å². The topological polar surface area (TPSA) is 91.4 Å². The Kier molecular flexibility index (Phi) is 11.8. The quantitative estimate of drug-likeness (QED) is 0.348. The average molecular weight is 771 g/mol. The zero-order valence-corrected chi connectivity index (χ0v) is 33.0. The summed E-state index contributed by atoms with van der Waals surface area (Å²) in [4.78, 5) is 20.9. The fraction of sp³-hybridized carbons (Fsp3) is 0.634. The summed E-state index contributed by atoms with van der Waals surface area (Å²) in [6.45, 7) is 9.59. The van der Waals surface area contributed by atoms with Crippen LogP contribution in [0.2, 0.25) is 5.02 Å². The fourth-order valence-electron chi connectivity index (χ4n) is 9.32. The van der Waals surface area contributed by atoms with E-state index in [4.69, 9.17) is 21.1 Å². The van der Waals surface area contributed by atoms with Crippen LogP contribution in [-0.4, -0.2) is 100 Å². The Morgan fingerprint density at radius 1 is 1.02 bits per heavy atom. The molecule has 2 saturated heterocycles. The van der Waals surface area contributed by atoms with E-state index in [0.29, 0.717) is 49.1 Å². The molecule has 12 heteroatoms. The zero-order valence-electron chi connectivity index (χ0n) is 31.4. The van der Waals surface area contributed by atoms with Gasteiger partial charge in [-0.1, -0.05) is 36.7 Å². The van der Waals surface area contributed by atoms with Gasteiger partial charge in [0.2, 0.25) is 10.0 Å². The molecule has 1 N–H and O–H groups in total. The van der Waals surface area contributed by atoms with Crippen molar-refractivity contribution in [3.63, 3.8) is 0 Å². The minimum absolute atomic E-state index is 0.209. The predicted molar refractivity (Wildman–Crippen MR) is 208 cm³/mol. The predicted octanol–water partition coefficient (Wildman–Crippen LogP) is 6.64. The summed E-state index contributed by atoms with van der Waals surface area (Å²) in [7, 11) is -2.17. The second-order valence-electron chi connectivity index (χ2n) is 16.2. The number of amides is 1. The summed E-state index contributed by atoms with van der Waals surface area (Å²) >= 11 is 6.40. The van der Waals surface area contributed by atoms with Gasteiger partial charge in [-0.25, -0.2) is 17.5 Å². The third kappa shape index (κ3) is 8.44. The Morgan fingerprint density at radius 2 is 1.87 bits per heavy atom. The first kappa shape index (κ1) is 38.6. The van der Waals surface area contributed by atoms with E-state index in [1.54, 1.807) is 25.1 Å². The molecule has 4 heterocycles. The molecule has 290 valence electrons. The van der Waals surface area contributed by atoms with Gasteiger partial charge in [0, 0.05) is 69.6 Å². The SMILES string of the molecule is CO[C@@]1(CN2CCN3CC[C@@H](F)C[C@H]3C2)/C=C/C[C@H](C)[C@@H](C)S(=O)(=O)NC(=O)c2ccc3c(c2)N(CCCCc2cc(Cl)ccc2CO3)C[C@@H]2CC[C@H]21. The van der Waals surface area contributed by atoms with Gasteiger partial charge in [-0.2, -0.15) is 0 Å². The third-order valence-electron chi connectivity index (χ3n) is 13.0. The highest BCUT2D eigenvalue weighted by molar-refractivity contribution is 7.90. The molecule has 1 amide bonds. The molecule has 1 aliphatic carbocycles. The number of nitrogens with zero attached hydrogens (tertiary/aromatic N) is 3. The Bertz CT molecular complexity index is 1780. The van der Waals surface area contributed by atoms with E-state index < -0.39 is 33.0 Å². The molecule has 0 radical (unpaired) electrons. The van der Waals surface area contributed by atoms with Gasteiger partial charge in [-0.05, 0) is 118 Å². The van der Waals surface area contributed by atoms with Crippen molar-refractivity contribution in [1.82, 2.24) is 14.5 Å². The van der Waals surface area contributed by atoms with E-state index in [-0.39, 0.29) is 23.4 Å². The van der Waals surface area contributed by atoms with Crippen LogP contribution in [0.1, 0.15) is 80.3 Å². The van der Waals surface area contributed by atoms with Crippen LogP contribution in [0.5, 0.6) is 5.75 Å². The average Bonchev–Trinajstić information content (AvgIpc) is 3.15.